The van der Waals surface area contributed by atoms with Crippen LogP contribution in [0.25, 0.3) is 0 Å². The van der Waals surface area contributed by atoms with Crippen molar-refractivity contribution in [2.75, 3.05) is 20.3 Å². The molecule has 0 saturated carbocycles. The van der Waals surface area contributed by atoms with Gasteiger partial charge < -0.3 is 14.8 Å². The second-order valence-electron chi connectivity index (χ2n) is 4.87. The number of rotatable bonds is 8. The van der Waals surface area contributed by atoms with Crippen molar-refractivity contribution in [3.8, 4) is 5.75 Å². The SMILES string of the molecule is COCCNCc1cccc(OCc2ncccc2C)c1. The lowest BCUT2D eigenvalue weighted by Gasteiger charge is -2.10. The van der Waals surface area contributed by atoms with Gasteiger partial charge in [-0.05, 0) is 36.2 Å². The van der Waals surface area contributed by atoms with E-state index in [1.807, 2.05) is 31.2 Å². The predicted molar refractivity (Wildman–Crippen MR) is 83.3 cm³/mol. The highest BCUT2D eigenvalue weighted by Crippen LogP contribution is 2.15. The summed E-state index contributed by atoms with van der Waals surface area (Å²) < 4.78 is 10.8. The molecule has 21 heavy (non-hydrogen) atoms. The smallest absolute Gasteiger partial charge is 0.130 e. The summed E-state index contributed by atoms with van der Waals surface area (Å²) in [5.74, 6) is 0.867. The molecule has 2 rings (SSSR count). The molecule has 1 aromatic heterocycles. The van der Waals surface area contributed by atoms with E-state index in [2.05, 4.69) is 22.4 Å². The van der Waals surface area contributed by atoms with Crippen LogP contribution in [0.15, 0.2) is 42.6 Å². The molecule has 0 atom stereocenters. The fourth-order valence-corrected chi connectivity index (χ4v) is 1.97. The standard InChI is InChI=1S/C17H22N2O2/c1-14-5-4-8-19-17(14)13-21-16-7-3-6-15(11-16)12-18-9-10-20-2/h3-8,11,18H,9-10,12-13H2,1-2H3. The lowest BCUT2D eigenvalue weighted by molar-refractivity contribution is 0.199. The van der Waals surface area contributed by atoms with E-state index in [0.717, 1.165) is 36.7 Å². The average molecular weight is 286 g/mol. The van der Waals surface area contributed by atoms with Crippen LogP contribution in [0, 0.1) is 6.92 Å². The first-order chi connectivity index (χ1) is 10.3. The first-order valence-electron chi connectivity index (χ1n) is 7.11. The number of aromatic nitrogens is 1. The molecule has 0 bridgehead atoms. The zero-order chi connectivity index (χ0) is 14.9. The van der Waals surface area contributed by atoms with Gasteiger partial charge in [-0.3, -0.25) is 4.98 Å². The Balaban J connectivity index is 1.87. The molecule has 4 heteroatoms. The van der Waals surface area contributed by atoms with Gasteiger partial charge in [-0.1, -0.05) is 18.2 Å². The molecule has 112 valence electrons. The van der Waals surface area contributed by atoms with Gasteiger partial charge in [0.15, 0.2) is 0 Å². The Labute approximate surface area is 126 Å². The number of ether oxygens (including phenoxy) is 2. The van der Waals surface area contributed by atoms with Gasteiger partial charge in [-0.15, -0.1) is 0 Å². The average Bonchev–Trinajstić information content (AvgIpc) is 2.51. The molecule has 0 spiro atoms. The van der Waals surface area contributed by atoms with Crippen LogP contribution in [0.5, 0.6) is 5.75 Å². The lowest BCUT2D eigenvalue weighted by atomic mass is 10.2. The molecule has 2 aromatic rings. The van der Waals surface area contributed by atoms with Gasteiger partial charge in [0.05, 0.1) is 12.3 Å². The number of pyridine rings is 1. The van der Waals surface area contributed by atoms with Crippen molar-refractivity contribution in [3.05, 3.63) is 59.4 Å². The minimum Gasteiger partial charge on any atom is -0.487 e. The van der Waals surface area contributed by atoms with E-state index >= 15 is 0 Å². The second-order valence-corrected chi connectivity index (χ2v) is 4.87. The maximum atomic E-state index is 5.83. The summed E-state index contributed by atoms with van der Waals surface area (Å²) >= 11 is 0. The number of methoxy groups -OCH3 is 1. The molecule has 0 aliphatic carbocycles. The predicted octanol–water partition coefficient (Wildman–Crippen LogP) is 2.71. The molecular formula is C17H22N2O2. The highest BCUT2D eigenvalue weighted by Gasteiger charge is 2.01. The molecule has 0 amide bonds. The number of hydrogen-bond acceptors (Lipinski definition) is 4. The Morgan fingerprint density at radius 1 is 1.19 bits per heavy atom. The van der Waals surface area contributed by atoms with Crippen molar-refractivity contribution in [3.63, 3.8) is 0 Å². The number of nitrogens with one attached hydrogen (secondary N) is 1. The summed E-state index contributed by atoms with van der Waals surface area (Å²) in [6.45, 7) is 4.90. The molecule has 1 heterocycles. The molecular weight excluding hydrogens is 264 g/mol. The van der Waals surface area contributed by atoms with E-state index in [1.54, 1.807) is 13.3 Å². The van der Waals surface area contributed by atoms with Crippen molar-refractivity contribution in [1.82, 2.24) is 10.3 Å². The number of nitrogens with zero attached hydrogens (tertiary/aromatic N) is 1. The molecule has 1 N–H and O–H groups in total. The normalized spacial score (nSPS) is 10.6. The fourth-order valence-electron chi connectivity index (χ4n) is 1.97. The van der Waals surface area contributed by atoms with Crippen LogP contribution in [0.4, 0.5) is 0 Å². The summed E-state index contributed by atoms with van der Waals surface area (Å²) in [6, 6.07) is 12.1. The molecule has 0 radical (unpaired) electrons. The zero-order valence-electron chi connectivity index (χ0n) is 12.6. The van der Waals surface area contributed by atoms with Gasteiger partial charge >= 0.3 is 0 Å². The molecule has 1 aromatic carbocycles. The molecule has 0 unspecified atom stereocenters. The van der Waals surface area contributed by atoms with E-state index < -0.39 is 0 Å². The Kier molecular flexibility index (Phi) is 6.19. The maximum absolute atomic E-state index is 5.83. The number of benzene rings is 1. The van der Waals surface area contributed by atoms with Gasteiger partial charge in [-0.25, -0.2) is 0 Å². The summed E-state index contributed by atoms with van der Waals surface area (Å²) in [5.41, 5.74) is 3.32. The van der Waals surface area contributed by atoms with Crippen LogP contribution in [0.2, 0.25) is 0 Å². The third-order valence-corrected chi connectivity index (χ3v) is 3.20. The Morgan fingerprint density at radius 3 is 2.90 bits per heavy atom. The minimum atomic E-state index is 0.493. The Morgan fingerprint density at radius 2 is 2.10 bits per heavy atom. The lowest BCUT2D eigenvalue weighted by Crippen LogP contribution is -2.18. The number of aryl methyl sites for hydroxylation is 1. The van der Waals surface area contributed by atoms with Crippen molar-refractivity contribution in [1.29, 1.82) is 0 Å². The van der Waals surface area contributed by atoms with Crippen molar-refractivity contribution in [2.45, 2.75) is 20.1 Å². The molecule has 4 nitrogen and oxygen atoms in total. The van der Waals surface area contributed by atoms with Gasteiger partial charge in [0.2, 0.25) is 0 Å². The van der Waals surface area contributed by atoms with Crippen molar-refractivity contribution >= 4 is 0 Å². The van der Waals surface area contributed by atoms with E-state index in [4.69, 9.17) is 9.47 Å². The fraction of sp³-hybridized carbons (Fsp3) is 0.353. The third kappa shape index (κ3) is 5.17. The second kappa shape index (κ2) is 8.39. The molecule has 0 saturated heterocycles. The zero-order valence-corrected chi connectivity index (χ0v) is 12.6. The molecule has 0 aliphatic rings. The van der Waals surface area contributed by atoms with Crippen LogP contribution < -0.4 is 10.1 Å². The van der Waals surface area contributed by atoms with E-state index in [-0.39, 0.29) is 0 Å². The summed E-state index contributed by atoms with van der Waals surface area (Å²) in [7, 11) is 1.70. The van der Waals surface area contributed by atoms with Gasteiger partial charge in [0.25, 0.3) is 0 Å². The van der Waals surface area contributed by atoms with E-state index in [9.17, 15) is 0 Å². The maximum Gasteiger partial charge on any atom is 0.130 e. The monoisotopic (exact) mass is 286 g/mol. The Hall–Kier alpha value is -1.91. The van der Waals surface area contributed by atoms with Crippen LogP contribution in [-0.4, -0.2) is 25.2 Å². The first-order valence-corrected chi connectivity index (χ1v) is 7.11. The van der Waals surface area contributed by atoms with E-state index in [1.165, 1.54) is 5.56 Å². The first kappa shape index (κ1) is 15.5. The van der Waals surface area contributed by atoms with Gasteiger partial charge in [0, 0.05) is 26.4 Å². The molecule has 0 aliphatic heterocycles. The largest absolute Gasteiger partial charge is 0.487 e. The topological polar surface area (TPSA) is 43.4 Å². The van der Waals surface area contributed by atoms with Gasteiger partial charge in [0.1, 0.15) is 12.4 Å². The van der Waals surface area contributed by atoms with E-state index in [0.29, 0.717) is 6.61 Å². The Bertz CT molecular complexity index is 558. The number of hydrogen-bond donors (Lipinski definition) is 1. The quantitative estimate of drug-likeness (QED) is 0.758. The highest BCUT2D eigenvalue weighted by molar-refractivity contribution is 5.29. The minimum absolute atomic E-state index is 0.493. The van der Waals surface area contributed by atoms with Crippen LogP contribution in [-0.2, 0) is 17.9 Å². The van der Waals surface area contributed by atoms with Crippen LogP contribution >= 0.6 is 0 Å². The van der Waals surface area contributed by atoms with Crippen molar-refractivity contribution < 1.29 is 9.47 Å². The van der Waals surface area contributed by atoms with Gasteiger partial charge in [-0.2, -0.15) is 0 Å². The summed E-state index contributed by atoms with van der Waals surface area (Å²) in [4.78, 5) is 4.33. The van der Waals surface area contributed by atoms with Crippen LogP contribution in [0.3, 0.4) is 0 Å². The summed E-state index contributed by atoms with van der Waals surface area (Å²) in [6.07, 6.45) is 1.79. The van der Waals surface area contributed by atoms with Crippen LogP contribution in [0.1, 0.15) is 16.8 Å². The third-order valence-electron chi connectivity index (χ3n) is 3.20. The summed E-state index contributed by atoms with van der Waals surface area (Å²) in [5, 5.41) is 3.32. The highest BCUT2D eigenvalue weighted by atomic mass is 16.5. The molecule has 0 fully saturated rings. The van der Waals surface area contributed by atoms with Crippen molar-refractivity contribution in [2.24, 2.45) is 0 Å².